The van der Waals surface area contributed by atoms with Gasteiger partial charge in [-0.25, -0.2) is 4.79 Å². The Balaban J connectivity index is 1.29. The van der Waals surface area contributed by atoms with Crippen molar-refractivity contribution in [2.24, 2.45) is 0 Å². The molecule has 0 aliphatic carbocycles. The fourth-order valence-electron chi connectivity index (χ4n) is 4.02. The maximum absolute atomic E-state index is 12.9. The van der Waals surface area contributed by atoms with Gasteiger partial charge in [0, 0.05) is 60.6 Å². The van der Waals surface area contributed by atoms with Gasteiger partial charge in [0.25, 0.3) is 5.91 Å². The van der Waals surface area contributed by atoms with Crippen LogP contribution in [0.15, 0.2) is 54.7 Å². The molecule has 1 aliphatic rings. The highest BCUT2D eigenvalue weighted by Crippen LogP contribution is 2.19. The zero-order chi connectivity index (χ0) is 23.4. The van der Waals surface area contributed by atoms with Gasteiger partial charge >= 0.3 is 6.03 Å². The summed E-state index contributed by atoms with van der Waals surface area (Å²) in [5, 5.41) is 6.57. The van der Waals surface area contributed by atoms with Gasteiger partial charge in [0.15, 0.2) is 0 Å². The first-order valence-corrected chi connectivity index (χ1v) is 11.2. The number of carbonyl (C=O) groups is 3. The third kappa shape index (κ3) is 5.34. The first kappa shape index (κ1) is 22.4. The second-order valence-corrected chi connectivity index (χ2v) is 8.54. The third-order valence-corrected chi connectivity index (χ3v) is 5.75. The molecule has 2 heterocycles. The molecule has 2 aromatic carbocycles. The van der Waals surface area contributed by atoms with Crippen LogP contribution in [0.2, 0.25) is 0 Å². The first-order valence-electron chi connectivity index (χ1n) is 11.2. The number of nitrogens with zero attached hydrogens (tertiary/aromatic N) is 2. The van der Waals surface area contributed by atoms with Gasteiger partial charge in [-0.1, -0.05) is 18.2 Å². The van der Waals surface area contributed by atoms with E-state index in [0.717, 1.165) is 16.5 Å². The molecular formula is C25H29N5O3. The van der Waals surface area contributed by atoms with Crippen molar-refractivity contribution in [3.8, 4) is 0 Å². The SMILES string of the molecule is CC(C)NC(=O)Nc1ccc(C(=O)N2CCN(C(=O)Cc3c[nH]c4ccccc34)CC2)cc1. The molecule has 0 saturated carbocycles. The van der Waals surface area contributed by atoms with E-state index in [1.54, 1.807) is 29.2 Å². The molecule has 1 saturated heterocycles. The monoisotopic (exact) mass is 447 g/mol. The summed E-state index contributed by atoms with van der Waals surface area (Å²) < 4.78 is 0. The number of amides is 4. The molecule has 1 aliphatic heterocycles. The van der Waals surface area contributed by atoms with Crippen LogP contribution in [0.25, 0.3) is 10.9 Å². The van der Waals surface area contributed by atoms with Gasteiger partial charge in [0.2, 0.25) is 5.91 Å². The molecule has 33 heavy (non-hydrogen) atoms. The van der Waals surface area contributed by atoms with Gasteiger partial charge in [-0.2, -0.15) is 0 Å². The summed E-state index contributed by atoms with van der Waals surface area (Å²) in [6, 6.07) is 14.6. The lowest BCUT2D eigenvalue weighted by Gasteiger charge is -2.35. The normalized spacial score (nSPS) is 13.9. The molecule has 172 valence electrons. The number of urea groups is 1. The number of para-hydroxylation sites is 1. The minimum atomic E-state index is -0.280. The van der Waals surface area contributed by atoms with Crippen molar-refractivity contribution in [2.75, 3.05) is 31.5 Å². The highest BCUT2D eigenvalue weighted by atomic mass is 16.2. The largest absolute Gasteiger partial charge is 0.361 e. The second-order valence-electron chi connectivity index (χ2n) is 8.54. The summed E-state index contributed by atoms with van der Waals surface area (Å²) in [5.74, 6) is -0.00105. The van der Waals surface area contributed by atoms with Crippen LogP contribution >= 0.6 is 0 Å². The van der Waals surface area contributed by atoms with E-state index in [2.05, 4.69) is 15.6 Å². The van der Waals surface area contributed by atoms with Crippen molar-refractivity contribution in [1.82, 2.24) is 20.1 Å². The van der Waals surface area contributed by atoms with Crippen LogP contribution in [0.4, 0.5) is 10.5 Å². The van der Waals surface area contributed by atoms with E-state index in [-0.39, 0.29) is 23.9 Å². The van der Waals surface area contributed by atoms with Gasteiger partial charge in [-0.3, -0.25) is 9.59 Å². The Labute approximate surface area is 192 Å². The predicted molar refractivity (Wildman–Crippen MR) is 128 cm³/mol. The number of aromatic nitrogens is 1. The molecular weight excluding hydrogens is 418 g/mol. The zero-order valence-electron chi connectivity index (χ0n) is 18.9. The van der Waals surface area contributed by atoms with Gasteiger partial charge in [-0.15, -0.1) is 0 Å². The lowest BCUT2D eigenvalue weighted by atomic mass is 10.1. The molecule has 1 aromatic heterocycles. The maximum Gasteiger partial charge on any atom is 0.319 e. The maximum atomic E-state index is 12.9. The van der Waals surface area contributed by atoms with E-state index in [1.807, 2.05) is 49.2 Å². The number of carbonyl (C=O) groups excluding carboxylic acids is 3. The number of H-pyrrole nitrogens is 1. The molecule has 0 unspecified atom stereocenters. The Morgan fingerprint density at radius 2 is 1.61 bits per heavy atom. The molecule has 8 heteroatoms. The van der Waals surface area contributed by atoms with Crippen molar-refractivity contribution in [1.29, 1.82) is 0 Å². The van der Waals surface area contributed by atoms with Gasteiger partial charge in [0.1, 0.15) is 0 Å². The lowest BCUT2D eigenvalue weighted by Crippen LogP contribution is -2.51. The zero-order valence-corrected chi connectivity index (χ0v) is 18.9. The summed E-state index contributed by atoms with van der Waals surface area (Å²) in [6.45, 7) is 5.79. The summed E-state index contributed by atoms with van der Waals surface area (Å²) in [5.41, 5.74) is 3.20. The molecule has 0 radical (unpaired) electrons. The summed E-state index contributed by atoms with van der Waals surface area (Å²) in [4.78, 5) is 44.3. The van der Waals surface area contributed by atoms with Crippen LogP contribution in [0.5, 0.6) is 0 Å². The number of hydrogen-bond donors (Lipinski definition) is 3. The summed E-state index contributed by atoms with van der Waals surface area (Å²) in [7, 11) is 0. The molecule has 0 bridgehead atoms. The number of nitrogens with one attached hydrogen (secondary N) is 3. The van der Waals surface area contributed by atoms with Crippen molar-refractivity contribution in [3.63, 3.8) is 0 Å². The fourth-order valence-corrected chi connectivity index (χ4v) is 4.02. The number of anilines is 1. The van der Waals surface area contributed by atoms with E-state index in [0.29, 0.717) is 43.9 Å². The molecule has 1 fully saturated rings. The van der Waals surface area contributed by atoms with Crippen LogP contribution in [0.3, 0.4) is 0 Å². The number of hydrogen-bond acceptors (Lipinski definition) is 3. The van der Waals surface area contributed by atoms with Gasteiger partial charge < -0.3 is 25.4 Å². The minimum Gasteiger partial charge on any atom is -0.361 e. The van der Waals surface area contributed by atoms with E-state index >= 15 is 0 Å². The van der Waals surface area contributed by atoms with E-state index in [1.165, 1.54) is 0 Å². The lowest BCUT2D eigenvalue weighted by molar-refractivity contribution is -0.131. The van der Waals surface area contributed by atoms with Crippen LogP contribution in [0, 0.1) is 0 Å². The fraction of sp³-hybridized carbons (Fsp3) is 0.320. The Morgan fingerprint density at radius 1 is 0.939 bits per heavy atom. The highest BCUT2D eigenvalue weighted by molar-refractivity contribution is 5.96. The Hall–Kier alpha value is -3.81. The predicted octanol–water partition coefficient (Wildman–Crippen LogP) is 3.22. The van der Waals surface area contributed by atoms with E-state index in [4.69, 9.17) is 0 Å². The van der Waals surface area contributed by atoms with Crippen molar-refractivity contribution in [3.05, 3.63) is 65.9 Å². The third-order valence-electron chi connectivity index (χ3n) is 5.75. The van der Waals surface area contributed by atoms with Crippen LogP contribution in [0.1, 0.15) is 29.8 Å². The van der Waals surface area contributed by atoms with Crippen molar-refractivity contribution in [2.45, 2.75) is 26.3 Å². The van der Waals surface area contributed by atoms with Crippen LogP contribution in [-0.4, -0.2) is 64.9 Å². The summed E-state index contributed by atoms with van der Waals surface area (Å²) >= 11 is 0. The average Bonchev–Trinajstić information content (AvgIpc) is 3.21. The Morgan fingerprint density at radius 3 is 2.30 bits per heavy atom. The van der Waals surface area contributed by atoms with Gasteiger partial charge in [0.05, 0.1) is 6.42 Å². The standard InChI is InChI=1S/C25H29N5O3/c1-17(2)27-25(33)28-20-9-7-18(8-10-20)24(32)30-13-11-29(12-14-30)23(31)15-19-16-26-22-6-4-3-5-21(19)22/h3-10,16-17,26H,11-15H2,1-2H3,(H2,27,28,33). The average molecular weight is 448 g/mol. The smallest absolute Gasteiger partial charge is 0.319 e. The van der Waals surface area contributed by atoms with Crippen LogP contribution < -0.4 is 10.6 Å². The summed E-state index contributed by atoms with van der Waals surface area (Å²) in [6.07, 6.45) is 2.24. The van der Waals surface area contributed by atoms with Crippen molar-refractivity contribution < 1.29 is 14.4 Å². The number of piperazine rings is 1. The van der Waals surface area contributed by atoms with Crippen molar-refractivity contribution >= 4 is 34.4 Å². The molecule has 0 atom stereocenters. The molecule has 0 spiro atoms. The minimum absolute atomic E-state index is 0.0405. The van der Waals surface area contributed by atoms with E-state index in [9.17, 15) is 14.4 Å². The molecule has 4 amide bonds. The molecule has 8 nitrogen and oxygen atoms in total. The second kappa shape index (κ2) is 9.77. The number of fused-ring (bicyclic) bond motifs is 1. The van der Waals surface area contributed by atoms with Gasteiger partial charge in [-0.05, 0) is 49.7 Å². The topological polar surface area (TPSA) is 97.5 Å². The Bertz CT molecular complexity index is 1140. The molecule has 4 rings (SSSR count). The van der Waals surface area contributed by atoms with Crippen LogP contribution in [-0.2, 0) is 11.2 Å². The molecule has 3 aromatic rings. The van der Waals surface area contributed by atoms with E-state index < -0.39 is 0 Å². The molecule has 3 N–H and O–H groups in total. The quantitative estimate of drug-likeness (QED) is 0.560. The number of benzene rings is 2. The first-order chi connectivity index (χ1) is 15.9. The number of aromatic amines is 1. The highest BCUT2D eigenvalue weighted by Gasteiger charge is 2.25. The number of rotatable bonds is 5. The Kier molecular flexibility index (Phi) is 6.63.